The Bertz CT molecular complexity index is 1110. The molecule has 0 aliphatic heterocycles. The molecule has 0 unspecified atom stereocenters. The van der Waals surface area contributed by atoms with Crippen LogP contribution in [0.5, 0.6) is 0 Å². The number of rotatable bonds is 6. The monoisotopic (exact) mass is 370 g/mol. The normalized spacial score (nSPS) is 11.5. The van der Waals surface area contributed by atoms with E-state index in [4.69, 9.17) is 4.84 Å². The van der Waals surface area contributed by atoms with Gasteiger partial charge in [0.25, 0.3) is 0 Å². The standard InChI is InChI=1S/C22H18N4O2/c27-22(12-17-6-2-1-3-7-17)28-25-21(14-26-16-23-15-24-26)20-11-10-18-8-4-5-9-19(18)13-20/h1-11,13,15-16H,12,14H2/b25-21+. The van der Waals surface area contributed by atoms with E-state index in [-0.39, 0.29) is 6.42 Å². The van der Waals surface area contributed by atoms with Gasteiger partial charge in [0.05, 0.1) is 13.0 Å². The minimum atomic E-state index is -0.414. The van der Waals surface area contributed by atoms with Crippen molar-refractivity contribution in [2.75, 3.05) is 0 Å². The minimum absolute atomic E-state index is 0.165. The molecule has 0 spiro atoms. The van der Waals surface area contributed by atoms with Crippen LogP contribution in [0, 0.1) is 0 Å². The number of nitrogens with zero attached hydrogens (tertiary/aromatic N) is 4. The Morgan fingerprint density at radius 3 is 2.54 bits per heavy atom. The van der Waals surface area contributed by atoms with E-state index in [1.54, 1.807) is 11.0 Å². The summed E-state index contributed by atoms with van der Waals surface area (Å²) in [5.74, 6) is -0.414. The van der Waals surface area contributed by atoms with Gasteiger partial charge in [0, 0.05) is 5.56 Å². The Morgan fingerprint density at radius 1 is 0.964 bits per heavy atom. The van der Waals surface area contributed by atoms with E-state index in [0.29, 0.717) is 12.3 Å². The van der Waals surface area contributed by atoms with Crippen LogP contribution in [0.15, 0.2) is 90.6 Å². The number of carbonyl (C=O) groups excluding carboxylic acids is 1. The first-order chi connectivity index (χ1) is 13.8. The van der Waals surface area contributed by atoms with Gasteiger partial charge in [0.1, 0.15) is 18.4 Å². The SMILES string of the molecule is O=C(Cc1ccccc1)O/N=C(\Cn1cncn1)c1ccc2ccccc2c1. The zero-order valence-corrected chi connectivity index (χ0v) is 15.1. The number of aromatic nitrogens is 3. The smallest absolute Gasteiger partial charge is 0.318 e. The molecule has 0 aliphatic rings. The number of benzene rings is 3. The fourth-order valence-electron chi connectivity index (χ4n) is 2.91. The van der Waals surface area contributed by atoms with Crippen molar-refractivity contribution in [3.8, 4) is 0 Å². The molecule has 0 atom stereocenters. The highest BCUT2D eigenvalue weighted by molar-refractivity contribution is 6.03. The van der Waals surface area contributed by atoms with E-state index < -0.39 is 5.97 Å². The van der Waals surface area contributed by atoms with E-state index in [2.05, 4.69) is 15.2 Å². The lowest BCUT2D eigenvalue weighted by Gasteiger charge is -2.08. The van der Waals surface area contributed by atoms with Crippen molar-refractivity contribution in [2.45, 2.75) is 13.0 Å². The average molecular weight is 370 g/mol. The van der Waals surface area contributed by atoms with Crippen molar-refractivity contribution in [3.63, 3.8) is 0 Å². The molecule has 4 rings (SSSR count). The molecular weight excluding hydrogens is 352 g/mol. The molecule has 3 aromatic carbocycles. The van der Waals surface area contributed by atoms with Gasteiger partial charge in [0.2, 0.25) is 0 Å². The van der Waals surface area contributed by atoms with Gasteiger partial charge in [-0.25, -0.2) is 14.5 Å². The molecule has 0 radical (unpaired) electrons. The maximum absolute atomic E-state index is 12.2. The zero-order chi connectivity index (χ0) is 19.2. The minimum Gasteiger partial charge on any atom is -0.318 e. The summed E-state index contributed by atoms with van der Waals surface area (Å²) in [4.78, 5) is 21.4. The molecule has 6 nitrogen and oxygen atoms in total. The number of oxime groups is 1. The van der Waals surface area contributed by atoms with Crippen LogP contribution in [0.2, 0.25) is 0 Å². The van der Waals surface area contributed by atoms with Crippen LogP contribution in [0.3, 0.4) is 0 Å². The second-order valence-electron chi connectivity index (χ2n) is 6.32. The molecule has 0 amide bonds. The highest BCUT2D eigenvalue weighted by Crippen LogP contribution is 2.17. The van der Waals surface area contributed by atoms with Crippen molar-refractivity contribution in [1.82, 2.24) is 14.8 Å². The Kier molecular flexibility index (Phi) is 5.20. The van der Waals surface area contributed by atoms with Crippen LogP contribution in [0.1, 0.15) is 11.1 Å². The number of hydrogen-bond donors (Lipinski definition) is 0. The first-order valence-electron chi connectivity index (χ1n) is 8.90. The molecule has 0 N–H and O–H groups in total. The third kappa shape index (κ3) is 4.29. The summed E-state index contributed by atoms with van der Waals surface area (Å²) in [7, 11) is 0. The Morgan fingerprint density at radius 2 is 1.75 bits per heavy atom. The summed E-state index contributed by atoms with van der Waals surface area (Å²) in [6.07, 6.45) is 3.22. The fraction of sp³-hybridized carbons (Fsp3) is 0.0909. The molecule has 0 fully saturated rings. The van der Waals surface area contributed by atoms with Gasteiger partial charge in [0.15, 0.2) is 0 Å². The van der Waals surface area contributed by atoms with E-state index in [9.17, 15) is 4.79 Å². The lowest BCUT2D eigenvalue weighted by molar-refractivity contribution is -0.142. The van der Waals surface area contributed by atoms with E-state index in [1.807, 2.05) is 72.8 Å². The highest BCUT2D eigenvalue weighted by Gasteiger charge is 2.10. The lowest BCUT2D eigenvalue weighted by Crippen LogP contribution is -2.14. The van der Waals surface area contributed by atoms with Gasteiger partial charge in [-0.1, -0.05) is 71.9 Å². The van der Waals surface area contributed by atoms with Crippen LogP contribution in [-0.2, 0) is 22.6 Å². The quantitative estimate of drug-likeness (QED) is 0.295. The van der Waals surface area contributed by atoms with Crippen LogP contribution in [0.25, 0.3) is 10.8 Å². The third-order valence-electron chi connectivity index (χ3n) is 4.31. The van der Waals surface area contributed by atoms with Crippen LogP contribution in [-0.4, -0.2) is 26.4 Å². The summed E-state index contributed by atoms with van der Waals surface area (Å²) >= 11 is 0. The number of hydrogen-bond acceptors (Lipinski definition) is 5. The van der Waals surface area contributed by atoms with Gasteiger partial charge in [-0.05, 0) is 22.4 Å². The van der Waals surface area contributed by atoms with Crippen LogP contribution >= 0.6 is 0 Å². The molecule has 28 heavy (non-hydrogen) atoms. The molecule has 0 bridgehead atoms. The number of carbonyl (C=O) groups is 1. The van der Waals surface area contributed by atoms with Crippen molar-refractivity contribution >= 4 is 22.5 Å². The molecule has 0 saturated carbocycles. The molecule has 0 saturated heterocycles. The molecule has 6 heteroatoms. The van der Waals surface area contributed by atoms with Crippen LogP contribution < -0.4 is 0 Å². The lowest BCUT2D eigenvalue weighted by atomic mass is 10.0. The van der Waals surface area contributed by atoms with Gasteiger partial charge < -0.3 is 4.84 Å². The Balaban J connectivity index is 1.58. The summed E-state index contributed by atoms with van der Waals surface area (Å²) in [6, 6.07) is 23.5. The summed E-state index contributed by atoms with van der Waals surface area (Å²) in [5.41, 5.74) is 2.34. The van der Waals surface area contributed by atoms with Gasteiger partial charge in [-0.15, -0.1) is 0 Å². The largest absolute Gasteiger partial charge is 0.339 e. The average Bonchev–Trinajstić information content (AvgIpc) is 3.25. The predicted octanol–water partition coefficient (Wildman–Crippen LogP) is 3.62. The topological polar surface area (TPSA) is 69.4 Å². The first kappa shape index (κ1) is 17.6. The highest BCUT2D eigenvalue weighted by atomic mass is 16.7. The van der Waals surface area contributed by atoms with Crippen LogP contribution in [0.4, 0.5) is 0 Å². The second-order valence-corrected chi connectivity index (χ2v) is 6.32. The maximum Gasteiger partial charge on any atom is 0.339 e. The molecule has 138 valence electrons. The van der Waals surface area contributed by atoms with E-state index in [1.165, 1.54) is 6.33 Å². The predicted molar refractivity (Wildman–Crippen MR) is 107 cm³/mol. The molecular formula is C22H18N4O2. The Labute approximate surface area is 162 Å². The fourth-order valence-corrected chi connectivity index (χ4v) is 2.91. The van der Waals surface area contributed by atoms with Gasteiger partial charge in [-0.2, -0.15) is 5.10 Å². The Hall–Kier alpha value is -3.80. The third-order valence-corrected chi connectivity index (χ3v) is 4.31. The number of fused-ring (bicyclic) bond motifs is 1. The van der Waals surface area contributed by atoms with Gasteiger partial charge in [-0.3, -0.25) is 0 Å². The first-order valence-corrected chi connectivity index (χ1v) is 8.90. The summed E-state index contributed by atoms with van der Waals surface area (Å²) < 4.78 is 1.64. The molecule has 1 heterocycles. The zero-order valence-electron chi connectivity index (χ0n) is 15.1. The van der Waals surface area contributed by atoms with Gasteiger partial charge >= 0.3 is 5.97 Å². The second kappa shape index (κ2) is 8.26. The van der Waals surface area contributed by atoms with Crippen molar-refractivity contribution in [3.05, 3.63) is 96.6 Å². The molecule has 1 aromatic heterocycles. The molecule has 4 aromatic rings. The van der Waals surface area contributed by atoms with Crippen molar-refractivity contribution < 1.29 is 9.63 Å². The summed E-state index contributed by atoms with van der Waals surface area (Å²) in [5, 5.41) is 10.5. The van der Waals surface area contributed by atoms with E-state index in [0.717, 1.165) is 21.9 Å². The molecule has 0 aliphatic carbocycles. The maximum atomic E-state index is 12.2. The van der Waals surface area contributed by atoms with Crippen molar-refractivity contribution in [1.29, 1.82) is 0 Å². The van der Waals surface area contributed by atoms with Crippen molar-refractivity contribution in [2.24, 2.45) is 5.16 Å². The van der Waals surface area contributed by atoms with E-state index >= 15 is 0 Å². The summed E-state index contributed by atoms with van der Waals surface area (Å²) in [6.45, 7) is 0.344.